The Morgan fingerprint density at radius 2 is 2.04 bits per heavy atom. The average molecular weight is 429 g/mol. The van der Waals surface area contributed by atoms with Crippen molar-refractivity contribution in [2.75, 3.05) is 57.8 Å². The summed E-state index contributed by atoms with van der Waals surface area (Å²) in [6.45, 7) is 6.55. The van der Waals surface area contributed by atoms with Crippen LogP contribution in [0.2, 0.25) is 0 Å². The van der Waals surface area contributed by atoms with Gasteiger partial charge in [-0.05, 0) is 24.7 Å². The van der Waals surface area contributed by atoms with Crippen LogP contribution in [0.15, 0.2) is 18.3 Å². The third-order valence-corrected chi connectivity index (χ3v) is 4.32. The first-order valence-corrected chi connectivity index (χ1v) is 8.21. The van der Waals surface area contributed by atoms with Gasteiger partial charge in [0.1, 0.15) is 11.9 Å². The lowest BCUT2D eigenvalue weighted by Gasteiger charge is -2.33. The van der Waals surface area contributed by atoms with Crippen LogP contribution in [-0.2, 0) is 16.1 Å². The number of anilines is 1. The molecule has 2 N–H and O–H groups in total. The van der Waals surface area contributed by atoms with Crippen molar-refractivity contribution < 1.29 is 9.53 Å². The van der Waals surface area contributed by atoms with Gasteiger partial charge in [0.25, 0.3) is 5.91 Å². The van der Waals surface area contributed by atoms with Gasteiger partial charge < -0.3 is 25.2 Å². The molecule has 0 aromatic carbocycles. The smallest absolute Gasteiger partial charge is 0.250 e. The number of carbonyl (C=O) groups is 1. The molecule has 1 aromatic rings. The molecule has 2 aliphatic rings. The predicted octanol–water partition coefficient (Wildman–Crippen LogP) is 0.703. The number of halogens is 3. The van der Waals surface area contributed by atoms with Gasteiger partial charge in [0.15, 0.2) is 0 Å². The second-order valence-corrected chi connectivity index (χ2v) is 6.09. The van der Waals surface area contributed by atoms with Crippen molar-refractivity contribution in [3.8, 4) is 0 Å². The highest BCUT2D eigenvalue weighted by atomic mass is 35.5. The van der Waals surface area contributed by atoms with E-state index in [4.69, 9.17) is 4.74 Å². The van der Waals surface area contributed by atoms with Crippen LogP contribution in [0.25, 0.3) is 0 Å². The molecule has 2 aliphatic heterocycles. The van der Waals surface area contributed by atoms with Crippen molar-refractivity contribution in [2.24, 2.45) is 0 Å². The second kappa shape index (κ2) is 12.5. The van der Waals surface area contributed by atoms with Crippen LogP contribution in [0.4, 0.5) is 5.82 Å². The van der Waals surface area contributed by atoms with Gasteiger partial charge in [0, 0.05) is 52.0 Å². The molecule has 1 amide bonds. The fraction of sp³-hybridized carbons (Fsp3) is 0.625. The van der Waals surface area contributed by atoms with Crippen molar-refractivity contribution in [3.63, 3.8) is 0 Å². The molecule has 0 aliphatic carbocycles. The maximum atomic E-state index is 12.1. The highest BCUT2D eigenvalue weighted by molar-refractivity contribution is 5.86. The molecule has 3 heterocycles. The van der Waals surface area contributed by atoms with Gasteiger partial charge in [-0.3, -0.25) is 4.79 Å². The number of nitrogens with one attached hydrogen (secondary N) is 2. The number of piperazine rings is 1. The Labute approximate surface area is 173 Å². The molecule has 10 heteroatoms. The zero-order valence-electron chi connectivity index (χ0n) is 14.8. The van der Waals surface area contributed by atoms with Crippen LogP contribution in [0.5, 0.6) is 0 Å². The van der Waals surface area contributed by atoms with E-state index in [0.29, 0.717) is 19.7 Å². The molecule has 2 saturated heterocycles. The Kier molecular flexibility index (Phi) is 12.1. The number of aromatic nitrogens is 1. The fourth-order valence-corrected chi connectivity index (χ4v) is 2.82. The van der Waals surface area contributed by atoms with Crippen molar-refractivity contribution in [1.82, 2.24) is 20.5 Å². The van der Waals surface area contributed by atoms with Gasteiger partial charge >= 0.3 is 0 Å². The lowest BCUT2D eigenvalue weighted by Crippen LogP contribution is -2.47. The Morgan fingerprint density at radius 3 is 2.69 bits per heavy atom. The summed E-state index contributed by atoms with van der Waals surface area (Å²) in [4.78, 5) is 21.2. The summed E-state index contributed by atoms with van der Waals surface area (Å²) in [6.07, 6.45) is 1.43. The second-order valence-electron chi connectivity index (χ2n) is 6.09. The van der Waals surface area contributed by atoms with E-state index < -0.39 is 0 Å². The number of rotatable bonds is 4. The molecule has 0 bridgehead atoms. The summed E-state index contributed by atoms with van der Waals surface area (Å²) in [7, 11) is 2.14. The summed E-state index contributed by atoms with van der Waals surface area (Å²) >= 11 is 0. The van der Waals surface area contributed by atoms with Crippen LogP contribution < -0.4 is 15.5 Å². The lowest BCUT2D eigenvalue weighted by molar-refractivity contribution is -0.134. The summed E-state index contributed by atoms with van der Waals surface area (Å²) < 4.78 is 5.46. The number of pyridine rings is 1. The fourth-order valence-electron chi connectivity index (χ4n) is 2.82. The van der Waals surface area contributed by atoms with Gasteiger partial charge in [0.2, 0.25) is 0 Å². The molecule has 0 saturated carbocycles. The number of hydrogen-bond donors (Lipinski definition) is 2. The highest BCUT2D eigenvalue weighted by Crippen LogP contribution is 2.14. The number of ether oxygens (including phenoxy) is 1. The zero-order valence-corrected chi connectivity index (χ0v) is 17.3. The molecule has 150 valence electrons. The molecule has 2 fully saturated rings. The maximum Gasteiger partial charge on any atom is 0.250 e. The third-order valence-electron chi connectivity index (χ3n) is 4.32. The monoisotopic (exact) mass is 427 g/mol. The van der Waals surface area contributed by atoms with E-state index in [1.54, 1.807) is 0 Å². The minimum atomic E-state index is -0.386. The van der Waals surface area contributed by atoms with Crippen LogP contribution >= 0.6 is 37.2 Å². The normalized spacial score (nSPS) is 20.2. The average Bonchev–Trinajstić information content (AvgIpc) is 2.61. The summed E-state index contributed by atoms with van der Waals surface area (Å²) in [6, 6.07) is 4.01. The first kappa shape index (κ1) is 25.2. The largest absolute Gasteiger partial charge is 0.366 e. The van der Waals surface area contributed by atoms with E-state index in [2.05, 4.69) is 38.5 Å². The number of nitrogens with zero attached hydrogens (tertiary/aromatic N) is 3. The van der Waals surface area contributed by atoms with E-state index >= 15 is 0 Å². The molecule has 0 unspecified atom stereocenters. The number of carbonyl (C=O) groups excluding carboxylic acids is 1. The highest BCUT2D eigenvalue weighted by Gasteiger charge is 2.21. The predicted molar refractivity (Wildman–Crippen MR) is 110 cm³/mol. The lowest BCUT2D eigenvalue weighted by atomic mass is 10.2. The van der Waals surface area contributed by atoms with Crippen LogP contribution in [0.3, 0.4) is 0 Å². The van der Waals surface area contributed by atoms with Gasteiger partial charge in [-0.1, -0.05) is 0 Å². The van der Waals surface area contributed by atoms with Gasteiger partial charge in [-0.15, -0.1) is 37.2 Å². The molecule has 3 rings (SSSR count). The van der Waals surface area contributed by atoms with Crippen molar-refractivity contribution in [3.05, 3.63) is 23.9 Å². The zero-order chi connectivity index (χ0) is 16.1. The molecular formula is C16H28Cl3N5O2. The maximum absolute atomic E-state index is 12.1. The summed E-state index contributed by atoms with van der Waals surface area (Å²) in [5.41, 5.74) is 1.06. The van der Waals surface area contributed by atoms with E-state index in [9.17, 15) is 4.79 Å². The molecule has 26 heavy (non-hydrogen) atoms. The quantitative estimate of drug-likeness (QED) is 0.736. The Hall–Kier alpha value is -0.830. The van der Waals surface area contributed by atoms with Gasteiger partial charge in [-0.2, -0.15) is 0 Å². The summed E-state index contributed by atoms with van der Waals surface area (Å²) in [5.74, 6) is 0.926. The minimum absolute atomic E-state index is 0. The van der Waals surface area contributed by atoms with Crippen molar-refractivity contribution >= 4 is 48.9 Å². The Morgan fingerprint density at radius 1 is 1.31 bits per heavy atom. The molecule has 7 nitrogen and oxygen atoms in total. The van der Waals surface area contributed by atoms with Crippen LogP contribution in [-0.4, -0.2) is 74.8 Å². The number of likely N-dealkylation sites (N-methyl/N-ethyl adjacent to an activating group) is 1. The SMILES string of the molecule is CN1CCN(c2cc(CNC(=O)[C@H]3CNCCO3)ccn2)CC1.Cl.Cl.Cl. The van der Waals surface area contributed by atoms with Crippen LogP contribution in [0.1, 0.15) is 5.56 Å². The van der Waals surface area contributed by atoms with E-state index in [1.807, 2.05) is 12.3 Å². The number of hydrogen-bond acceptors (Lipinski definition) is 6. The molecule has 1 atom stereocenters. The first-order valence-electron chi connectivity index (χ1n) is 8.21. The van der Waals surface area contributed by atoms with Gasteiger partial charge in [-0.25, -0.2) is 4.98 Å². The molecule has 0 spiro atoms. The van der Waals surface area contributed by atoms with Crippen molar-refractivity contribution in [1.29, 1.82) is 0 Å². The molecular weight excluding hydrogens is 401 g/mol. The van der Waals surface area contributed by atoms with Crippen LogP contribution in [0, 0.1) is 0 Å². The van der Waals surface area contributed by atoms with E-state index in [0.717, 1.165) is 44.1 Å². The Bertz CT molecular complexity index is 538. The van der Waals surface area contributed by atoms with E-state index in [-0.39, 0.29) is 49.2 Å². The number of morpholine rings is 1. The number of amides is 1. The van der Waals surface area contributed by atoms with Gasteiger partial charge in [0.05, 0.1) is 6.61 Å². The Balaban J connectivity index is 0.00000208. The third kappa shape index (κ3) is 7.06. The standard InChI is InChI=1S/C16H25N5O2.3ClH/c1-20-5-7-21(8-6-20)15-10-13(2-3-18-15)11-19-16(22)14-12-17-4-9-23-14;;;/h2-3,10,14,17H,4-9,11-12H2,1H3,(H,19,22);3*1H/t14-;;;/m1.../s1. The molecule has 0 radical (unpaired) electrons. The minimum Gasteiger partial charge on any atom is -0.366 e. The topological polar surface area (TPSA) is 69.7 Å². The molecule has 1 aromatic heterocycles. The summed E-state index contributed by atoms with van der Waals surface area (Å²) in [5, 5.41) is 6.11. The van der Waals surface area contributed by atoms with E-state index in [1.165, 1.54) is 0 Å². The first-order chi connectivity index (χ1) is 11.2. The van der Waals surface area contributed by atoms with Crippen molar-refractivity contribution in [2.45, 2.75) is 12.6 Å².